The van der Waals surface area contributed by atoms with Crippen molar-refractivity contribution in [3.63, 3.8) is 0 Å². The van der Waals surface area contributed by atoms with Crippen LogP contribution in [0.2, 0.25) is 0 Å². The van der Waals surface area contributed by atoms with Gasteiger partial charge in [-0.2, -0.15) is 0 Å². The molecule has 0 spiro atoms. The number of benzene rings is 1. The SMILES string of the molecule is O=C(O)CC(c1cccc(Br)c1)N1CC(CCl)CC1=O. The lowest BCUT2D eigenvalue weighted by Crippen LogP contribution is -2.32. The average Bonchev–Trinajstić information content (AvgIpc) is 2.77. The van der Waals surface area contributed by atoms with Crippen LogP contribution in [-0.4, -0.2) is 34.3 Å². The first-order valence-corrected chi connectivity index (χ1v) is 7.66. The summed E-state index contributed by atoms with van der Waals surface area (Å²) in [5, 5.41) is 9.11. The zero-order chi connectivity index (χ0) is 14.7. The van der Waals surface area contributed by atoms with E-state index in [0.717, 1.165) is 10.0 Å². The molecule has 108 valence electrons. The Morgan fingerprint density at radius 2 is 2.30 bits per heavy atom. The number of hydrogen-bond acceptors (Lipinski definition) is 2. The minimum absolute atomic E-state index is 0.0260. The third-order valence-corrected chi connectivity index (χ3v) is 4.36. The van der Waals surface area contributed by atoms with E-state index in [0.29, 0.717) is 18.8 Å². The molecule has 0 bridgehead atoms. The number of nitrogens with zero attached hydrogens (tertiary/aromatic N) is 1. The smallest absolute Gasteiger partial charge is 0.305 e. The van der Waals surface area contributed by atoms with E-state index in [1.165, 1.54) is 0 Å². The van der Waals surface area contributed by atoms with Crippen LogP contribution in [0.5, 0.6) is 0 Å². The maximum Gasteiger partial charge on any atom is 0.305 e. The Morgan fingerprint density at radius 1 is 1.55 bits per heavy atom. The highest BCUT2D eigenvalue weighted by atomic mass is 79.9. The third-order valence-electron chi connectivity index (χ3n) is 3.43. The number of carboxylic acid groups (broad SMARTS) is 1. The van der Waals surface area contributed by atoms with E-state index in [-0.39, 0.29) is 18.2 Å². The van der Waals surface area contributed by atoms with Gasteiger partial charge in [-0.1, -0.05) is 28.1 Å². The Hall–Kier alpha value is -1.07. The zero-order valence-corrected chi connectivity index (χ0v) is 13.1. The second kappa shape index (κ2) is 6.59. The number of aliphatic carboxylic acids is 1. The van der Waals surface area contributed by atoms with Gasteiger partial charge in [0.15, 0.2) is 0 Å². The highest BCUT2D eigenvalue weighted by Gasteiger charge is 2.35. The molecule has 1 amide bonds. The van der Waals surface area contributed by atoms with Gasteiger partial charge < -0.3 is 10.0 Å². The second-order valence-corrected chi connectivity index (χ2v) is 6.16. The molecule has 1 aromatic rings. The number of rotatable bonds is 5. The van der Waals surface area contributed by atoms with Crippen molar-refractivity contribution in [3.05, 3.63) is 34.3 Å². The largest absolute Gasteiger partial charge is 0.481 e. The van der Waals surface area contributed by atoms with Gasteiger partial charge in [-0.05, 0) is 23.6 Å². The topological polar surface area (TPSA) is 57.6 Å². The van der Waals surface area contributed by atoms with Crippen LogP contribution in [0.25, 0.3) is 0 Å². The number of alkyl halides is 1. The van der Waals surface area contributed by atoms with Crippen LogP contribution in [-0.2, 0) is 9.59 Å². The van der Waals surface area contributed by atoms with Gasteiger partial charge in [0.1, 0.15) is 0 Å². The molecule has 1 saturated heterocycles. The van der Waals surface area contributed by atoms with E-state index >= 15 is 0 Å². The maximum atomic E-state index is 12.1. The predicted molar refractivity (Wildman–Crippen MR) is 79.7 cm³/mol. The third kappa shape index (κ3) is 3.52. The standard InChI is InChI=1S/C14H15BrClNO3/c15-11-3-1-2-10(5-11)12(6-14(19)20)17-8-9(7-16)4-13(17)18/h1-3,5,9,12H,4,6-8H2,(H,19,20). The van der Waals surface area contributed by atoms with Crippen molar-refractivity contribution >= 4 is 39.4 Å². The summed E-state index contributed by atoms with van der Waals surface area (Å²) in [5.74, 6) is -0.424. The first-order valence-electron chi connectivity index (χ1n) is 6.34. The lowest BCUT2D eigenvalue weighted by Gasteiger charge is -2.27. The van der Waals surface area contributed by atoms with Gasteiger partial charge in [0.2, 0.25) is 5.91 Å². The monoisotopic (exact) mass is 359 g/mol. The van der Waals surface area contributed by atoms with Crippen molar-refractivity contribution < 1.29 is 14.7 Å². The van der Waals surface area contributed by atoms with Crippen molar-refractivity contribution in [2.45, 2.75) is 18.9 Å². The second-order valence-electron chi connectivity index (χ2n) is 4.94. The van der Waals surface area contributed by atoms with Gasteiger partial charge in [-0.15, -0.1) is 11.6 Å². The summed E-state index contributed by atoms with van der Waals surface area (Å²) < 4.78 is 0.867. The van der Waals surface area contributed by atoms with Gasteiger partial charge in [0.05, 0.1) is 12.5 Å². The molecule has 0 radical (unpaired) electrons. The minimum atomic E-state index is -0.919. The first-order chi connectivity index (χ1) is 9.51. The Kier molecular flexibility index (Phi) is 5.05. The van der Waals surface area contributed by atoms with Gasteiger partial charge in [-0.25, -0.2) is 0 Å². The lowest BCUT2D eigenvalue weighted by atomic mass is 10.0. The van der Waals surface area contributed by atoms with Crippen LogP contribution >= 0.6 is 27.5 Å². The molecule has 1 aliphatic heterocycles. The highest BCUT2D eigenvalue weighted by molar-refractivity contribution is 9.10. The predicted octanol–water partition coefficient (Wildman–Crippen LogP) is 3.05. The van der Waals surface area contributed by atoms with E-state index in [1.54, 1.807) is 4.90 Å². The van der Waals surface area contributed by atoms with Crippen molar-refractivity contribution in [3.8, 4) is 0 Å². The normalized spacial score (nSPS) is 20.2. The highest BCUT2D eigenvalue weighted by Crippen LogP contribution is 2.32. The molecule has 20 heavy (non-hydrogen) atoms. The molecule has 0 aromatic heterocycles. The van der Waals surface area contributed by atoms with Crippen LogP contribution in [0.15, 0.2) is 28.7 Å². The Balaban J connectivity index is 2.28. The summed E-state index contributed by atoms with van der Waals surface area (Å²) in [5.41, 5.74) is 0.824. The number of likely N-dealkylation sites (tertiary alicyclic amines) is 1. The summed E-state index contributed by atoms with van der Waals surface area (Å²) in [6, 6.07) is 6.97. The molecule has 1 aliphatic rings. The summed E-state index contributed by atoms with van der Waals surface area (Å²) in [7, 11) is 0. The minimum Gasteiger partial charge on any atom is -0.481 e. The average molecular weight is 361 g/mol. The Labute approximate surface area is 130 Å². The molecule has 2 atom stereocenters. The van der Waals surface area contributed by atoms with Crippen LogP contribution in [0.4, 0.5) is 0 Å². The van der Waals surface area contributed by atoms with Crippen LogP contribution in [0, 0.1) is 5.92 Å². The summed E-state index contributed by atoms with van der Waals surface area (Å²) in [4.78, 5) is 24.8. The summed E-state index contributed by atoms with van der Waals surface area (Å²) >= 11 is 9.19. The van der Waals surface area contributed by atoms with Crippen LogP contribution < -0.4 is 0 Å². The fourth-order valence-electron chi connectivity index (χ4n) is 2.50. The van der Waals surface area contributed by atoms with Gasteiger partial charge in [0.25, 0.3) is 0 Å². The Bertz CT molecular complexity index is 523. The summed E-state index contributed by atoms with van der Waals surface area (Å²) in [6.45, 7) is 0.521. The van der Waals surface area contributed by atoms with E-state index in [4.69, 9.17) is 16.7 Å². The molecule has 1 N–H and O–H groups in total. The van der Waals surface area contributed by atoms with Crippen molar-refractivity contribution in [1.82, 2.24) is 4.90 Å². The maximum absolute atomic E-state index is 12.1. The lowest BCUT2D eigenvalue weighted by molar-refractivity contribution is -0.139. The molecule has 1 fully saturated rings. The van der Waals surface area contributed by atoms with Gasteiger partial charge in [-0.3, -0.25) is 9.59 Å². The van der Waals surface area contributed by atoms with Crippen LogP contribution in [0.1, 0.15) is 24.4 Å². The molecule has 0 aliphatic carbocycles. The van der Waals surface area contributed by atoms with Crippen molar-refractivity contribution in [2.24, 2.45) is 5.92 Å². The van der Waals surface area contributed by atoms with E-state index in [9.17, 15) is 9.59 Å². The molecular formula is C14H15BrClNO3. The molecular weight excluding hydrogens is 346 g/mol. The van der Waals surface area contributed by atoms with Gasteiger partial charge in [0, 0.05) is 23.3 Å². The Morgan fingerprint density at radius 3 is 2.85 bits per heavy atom. The number of carbonyl (C=O) groups excluding carboxylic acids is 1. The van der Waals surface area contributed by atoms with Crippen molar-refractivity contribution in [2.75, 3.05) is 12.4 Å². The summed E-state index contributed by atoms with van der Waals surface area (Å²) in [6.07, 6.45) is 0.296. The van der Waals surface area contributed by atoms with E-state index in [1.807, 2.05) is 24.3 Å². The number of carbonyl (C=O) groups is 2. The quantitative estimate of drug-likeness (QED) is 0.821. The molecule has 1 aromatic carbocycles. The molecule has 2 unspecified atom stereocenters. The van der Waals surface area contributed by atoms with Crippen LogP contribution in [0.3, 0.4) is 0 Å². The van der Waals surface area contributed by atoms with Crippen molar-refractivity contribution in [1.29, 1.82) is 0 Å². The molecule has 4 nitrogen and oxygen atoms in total. The van der Waals surface area contributed by atoms with E-state index < -0.39 is 12.0 Å². The molecule has 6 heteroatoms. The van der Waals surface area contributed by atoms with Gasteiger partial charge >= 0.3 is 5.97 Å². The zero-order valence-electron chi connectivity index (χ0n) is 10.8. The molecule has 1 heterocycles. The number of amides is 1. The number of halogens is 2. The first kappa shape index (κ1) is 15.3. The molecule has 2 rings (SSSR count). The van der Waals surface area contributed by atoms with E-state index in [2.05, 4.69) is 15.9 Å². The fourth-order valence-corrected chi connectivity index (χ4v) is 3.12. The molecule has 0 saturated carbocycles. The number of carboxylic acids is 1. The fraction of sp³-hybridized carbons (Fsp3) is 0.429. The number of hydrogen-bond donors (Lipinski definition) is 1.